The van der Waals surface area contributed by atoms with E-state index in [2.05, 4.69) is 10.5 Å². The molecule has 10 nitrogen and oxygen atoms in total. The molecule has 2 aromatic rings. The van der Waals surface area contributed by atoms with Crippen LogP contribution in [-0.2, 0) is 0 Å². The van der Waals surface area contributed by atoms with Crippen molar-refractivity contribution in [3.63, 3.8) is 0 Å². The van der Waals surface area contributed by atoms with E-state index in [1.54, 1.807) is 25.1 Å². The summed E-state index contributed by atoms with van der Waals surface area (Å²) in [6.45, 7) is 1.87. The lowest BCUT2D eigenvalue weighted by Gasteiger charge is -2.05. The second-order valence-corrected chi connectivity index (χ2v) is 5.09. The van der Waals surface area contributed by atoms with Crippen LogP contribution in [0.4, 0.5) is 17.1 Å². The summed E-state index contributed by atoms with van der Waals surface area (Å²) in [6, 6.07) is 8.55. The van der Waals surface area contributed by atoms with Gasteiger partial charge in [-0.25, -0.2) is 0 Å². The third-order valence-electron chi connectivity index (χ3n) is 3.52. The van der Waals surface area contributed by atoms with Gasteiger partial charge in [-0.3, -0.25) is 25.7 Å². The standard InChI is InChI=1S/C15H12N4O6/c1-9(10-2-5-14-15(6-10)25-8-24-14)16-17-12-4-3-11(18(20)21)7-13(12)19(22)23/h2-7,17H,8H2,1H3/b16-9+. The molecule has 3 rings (SSSR count). The monoisotopic (exact) mass is 344 g/mol. The minimum atomic E-state index is -0.708. The summed E-state index contributed by atoms with van der Waals surface area (Å²) < 4.78 is 10.5. The Bertz CT molecular complexity index is 896. The number of hydrogen-bond acceptors (Lipinski definition) is 8. The Kier molecular flexibility index (Phi) is 4.16. The summed E-state index contributed by atoms with van der Waals surface area (Å²) in [6.07, 6.45) is 0. The lowest BCUT2D eigenvalue weighted by atomic mass is 10.1. The molecule has 0 aromatic heterocycles. The minimum absolute atomic E-state index is 0.0516. The van der Waals surface area contributed by atoms with Crippen molar-refractivity contribution in [2.24, 2.45) is 5.10 Å². The summed E-state index contributed by atoms with van der Waals surface area (Å²) in [4.78, 5) is 20.4. The fourth-order valence-electron chi connectivity index (χ4n) is 2.21. The summed E-state index contributed by atoms with van der Waals surface area (Å²) in [5.41, 5.74) is 3.11. The molecule has 1 N–H and O–H groups in total. The van der Waals surface area contributed by atoms with Crippen molar-refractivity contribution in [3.05, 3.63) is 62.2 Å². The van der Waals surface area contributed by atoms with Gasteiger partial charge in [0.2, 0.25) is 6.79 Å². The summed E-state index contributed by atoms with van der Waals surface area (Å²) in [7, 11) is 0. The highest BCUT2D eigenvalue weighted by molar-refractivity contribution is 5.99. The van der Waals surface area contributed by atoms with Gasteiger partial charge in [0.15, 0.2) is 11.5 Å². The summed E-state index contributed by atoms with van der Waals surface area (Å²) >= 11 is 0. The fraction of sp³-hybridized carbons (Fsp3) is 0.133. The highest BCUT2D eigenvalue weighted by atomic mass is 16.7. The van der Waals surface area contributed by atoms with Gasteiger partial charge in [-0.1, -0.05) is 0 Å². The molecule has 0 aliphatic carbocycles. The van der Waals surface area contributed by atoms with Gasteiger partial charge in [-0.05, 0) is 31.2 Å². The molecule has 1 heterocycles. The predicted molar refractivity (Wildman–Crippen MR) is 88.1 cm³/mol. The van der Waals surface area contributed by atoms with Crippen LogP contribution in [-0.4, -0.2) is 22.4 Å². The van der Waals surface area contributed by atoms with Crippen LogP contribution >= 0.6 is 0 Å². The van der Waals surface area contributed by atoms with Gasteiger partial charge in [0.05, 0.1) is 21.6 Å². The Hall–Kier alpha value is -3.69. The first-order valence-electron chi connectivity index (χ1n) is 7.09. The third-order valence-corrected chi connectivity index (χ3v) is 3.52. The average molecular weight is 344 g/mol. The quantitative estimate of drug-likeness (QED) is 0.501. The zero-order valence-corrected chi connectivity index (χ0v) is 13.0. The van der Waals surface area contributed by atoms with Crippen molar-refractivity contribution in [1.29, 1.82) is 0 Å². The Morgan fingerprint density at radius 3 is 2.56 bits per heavy atom. The highest BCUT2D eigenvalue weighted by Gasteiger charge is 2.19. The summed E-state index contributed by atoms with van der Waals surface area (Å²) in [5, 5.41) is 26.0. The number of non-ortho nitro benzene ring substituents is 1. The molecule has 0 saturated carbocycles. The molecule has 0 spiro atoms. The van der Waals surface area contributed by atoms with E-state index in [-0.39, 0.29) is 18.2 Å². The molecule has 0 amide bonds. The number of anilines is 1. The lowest BCUT2D eigenvalue weighted by Crippen LogP contribution is -2.02. The maximum atomic E-state index is 11.1. The first-order chi connectivity index (χ1) is 12.0. The minimum Gasteiger partial charge on any atom is -0.454 e. The van der Waals surface area contributed by atoms with Crippen LogP contribution in [0.2, 0.25) is 0 Å². The van der Waals surface area contributed by atoms with Crippen LogP contribution < -0.4 is 14.9 Å². The number of hydrazone groups is 1. The van der Waals surface area contributed by atoms with Crippen LogP contribution in [0.5, 0.6) is 11.5 Å². The Morgan fingerprint density at radius 2 is 1.84 bits per heavy atom. The van der Waals surface area contributed by atoms with Crippen molar-refractivity contribution in [2.75, 3.05) is 12.2 Å². The average Bonchev–Trinajstić information content (AvgIpc) is 3.06. The lowest BCUT2D eigenvalue weighted by molar-refractivity contribution is -0.393. The first-order valence-corrected chi connectivity index (χ1v) is 7.09. The second-order valence-electron chi connectivity index (χ2n) is 5.09. The molecule has 0 bridgehead atoms. The molecule has 128 valence electrons. The number of nitrogens with zero attached hydrogens (tertiary/aromatic N) is 3. The molecule has 0 fully saturated rings. The van der Waals surface area contributed by atoms with E-state index in [1.807, 2.05) is 0 Å². The molecule has 0 unspecified atom stereocenters. The van der Waals surface area contributed by atoms with E-state index in [0.29, 0.717) is 17.2 Å². The number of ether oxygens (including phenoxy) is 2. The number of nitro benzene ring substituents is 2. The number of nitro groups is 2. The van der Waals surface area contributed by atoms with E-state index in [0.717, 1.165) is 11.6 Å². The number of nitrogens with one attached hydrogen (secondary N) is 1. The van der Waals surface area contributed by atoms with E-state index in [9.17, 15) is 20.2 Å². The molecule has 10 heteroatoms. The zero-order chi connectivity index (χ0) is 18.0. The molecule has 0 saturated heterocycles. The number of hydrogen-bond donors (Lipinski definition) is 1. The van der Waals surface area contributed by atoms with Gasteiger partial charge in [-0.15, -0.1) is 0 Å². The molecule has 1 aliphatic rings. The normalized spacial score (nSPS) is 12.8. The molecular formula is C15H12N4O6. The Morgan fingerprint density at radius 1 is 1.08 bits per heavy atom. The Balaban J connectivity index is 1.85. The molecular weight excluding hydrogens is 332 g/mol. The molecule has 0 atom stereocenters. The fourth-order valence-corrected chi connectivity index (χ4v) is 2.21. The van der Waals surface area contributed by atoms with Crippen LogP contribution in [0.3, 0.4) is 0 Å². The van der Waals surface area contributed by atoms with Crippen molar-refractivity contribution >= 4 is 22.8 Å². The SMILES string of the molecule is C/C(=N\Nc1ccc([N+](=O)[O-])cc1[N+](=O)[O-])c1ccc2c(c1)OCO2. The number of benzene rings is 2. The first kappa shape index (κ1) is 16.2. The largest absolute Gasteiger partial charge is 0.454 e. The van der Waals surface area contributed by atoms with Crippen LogP contribution in [0.1, 0.15) is 12.5 Å². The van der Waals surface area contributed by atoms with Gasteiger partial charge in [0.25, 0.3) is 5.69 Å². The Labute approximate surface area is 141 Å². The van der Waals surface area contributed by atoms with Crippen molar-refractivity contribution < 1.29 is 19.3 Å². The number of fused-ring (bicyclic) bond motifs is 1. The second kappa shape index (κ2) is 6.43. The third kappa shape index (κ3) is 3.32. The van der Waals surface area contributed by atoms with Crippen LogP contribution in [0.25, 0.3) is 0 Å². The smallest absolute Gasteiger partial charge is 0.301 e. The van der Waals surface area contributed by atoms with Crippen molar-refractivity contribution in [1.82, 2.24) is 0 Å². The zero-order valence-electron chi connectivity index (χ0n) is 13.0. The molecule has 1 aliphatic heterocycles. The molecule has 25 heavy (non-hydrogen) atoms. The van der Waals surface area contributed by atoms with Crippen LogP contribution in [0, 0.1) is 20.2 Å². The van der Waals surface area contributed by atoms with E-state index in [1.165, 1.54) is 12.1 Å². The van der Waals surface area contributed by atoms with Gasteiger partial charge in [-0.2, -0.15) is 5.10 Å². The van der Waals surface area contributed by atoms with E-state index < -0.39 is 15.5 Å². The van der Waals surface area contributed by atoms with Gasteiger partial charge >= 0.3 is 5.69 Å². The van der Waals surface area contributed by atoms with Gasteiger partial charge < -0.3 is 9.47 Å². The van der Waals surface area contributed by atoms with Crippen LogP contribution in [0.15, 0.2) is 41.5 Å². The topological polar surface area (TPSA) is 129 Å². The predicted octanol–water partition coefficient (Wildman–Crippen LogP) is 3.07. The summed E-state index contributed by atoms with van der Waals surface area (Å²) in [5.74, 6) is 1.23. The molecule has 2 aromatic carbocycles. The van der Waals surface area contributed by atoms with Gasteiger partial charge in [0.1, 0.15) is 5.69 Å². The van der Waals surface area contributed by atoms with Crippen molar-refractivity contribution in [2.45, 2.75) is 6.92 Å². The number of rotatable bonds is 5. The van der Waals surface area contributed by atoms with Gasteiger partial charge in [0, 0.05) is 11.6 Å². The van der Waals surface area contributed by atoms with E-state index >= 15 is 0 Å². The van der Waals surface area contributed by atoms with Crippen molar-refractivity contribution in [3.8, 4) is 11.5 Å². The maximum absolute atomic E-state index is 11.1. The molecule has 0 radical (unpaired) electrons. The van der Waals surface area contributed by atoms with E-state index in [4.69, 9.17) is 9.47 Å². The highest BCUT2D eigenvalue weighted by Crippen LogP contribution is 2.33. The maximum Gasteiger partial charge on any atom is 0.301 e.